The first-order chi connectivity index (χ1) is 15.9. The molecule has 2 N–H and O–H groups in total. The summed E-state index contributed by atoms with van der Waals surface area (Å²) in [5, 5.41) is 3.07. The first-order valence-electron chi connectivity index (χ1n) is 10.5. The van der Waals surface area contributed by atoms with Gasteiger partial charge in [-0.15, -0.1) is 0 Å². The number of hydrogen-bond donors (Lipinski definition) is 2. The monoisotopic (exact) mass is 485 g/mol. The number of rotatable bonds is 7. The van der Waals surface area contributed by atoms with Crippen LogP contribution in [0.25, 0.3) is 0 Å². The van der Waals surface area contributed by atoms with Crippen molar-refractivity contribution in [2.45, 2.75) is 17.7 Å². The highest BCUT2D eigenvalue weighted by atomic mass is 35.5. The molecule has 3 aromatic carbocycles. The summed E-state index contributed by atoms with van der Waals surface area (Å²) in [5.74, 6) is -0.0115. The number of halogens is 1. The second-order valence-corrected chi connectivity index (χ2v) is 9.67. The smallest absolute Gasteiger partial charge is 0.264 e. The molecule has 4 rings (SSSR count). The summed E-state index contributed by atoms with van der Waals surface area (Å²) in [6.45, 7) is 1.53. The third-order valence-electron chi connectivity index (χ3n) is 5.42. The van der Waals surface area contributed by atoms with Crippen molar-refractivity contribution in [1.29, 1.82) is 0 Å². The molecule has 0 aliphatic carbocycles. The maximum Gasteiger partial charge on any atom is 0.264 e. The number of benzene rings is 3. The Bertz CT molecular complexity index is 1270. The molecule has 1 saturated heterocycles. The van der Waals surface area contributed by atoms with E-state index < -0.39 is 15.9 Å². The van der Waals surface area contributed by atoms with Gasteiger partial charge in [0.05, 0.1) is 29.1 Å². The third-order valence-corrected chi connectivity index (χ3v) is 7.15. The van der Waals surface area contributed by atoms with Crippen LogP contribution in [0.2, 0.25) is 5.02 Å². The zero-order valence-electron chi connectivity index (χ0n) is 18.0. The number of para-hydroxylation sites is 2. The van der Waals surface area contributed by atoms with Crippen LogP contribution in [-0.4, -0.2) is 34.5 Å². The number of anilines is 3. The molecule has 1 amide bonds. The molecule has 0 saturated carbocycles. The molecule has 0 unspecified atom stereocenters. The van der Waals surface area contributed by atoms with Gasteiger partial charge in [0.15, 0.2) is 0 Å². The molecule has 0 aromatic heterocycles. The van der Waals surface area contributed by atoms with Gasteiger partial charge in [-0.1, -0.05) is 35.9 Å². The summed E-state index contributed by atoms with van der Waals surface area (Å²) in [7, 11) is -2.51. The Morgan fingerprint density at radius 2 is 1.70 bits per heavy atom. The van der Waals surface area contributed by atoms with Crippen molar-refractivity contribution < 1.29 is 17.9 Å². The van der Waals surface area contributed by atoms with Gasteiger partial charge >= 0.3 is 0 Å². The Morgan fingerprint density at radius 3 is 2.42 bits per heavy atom. The van der Waals surface area contributed by atoms with Crippen LogP contribution in [0.4, 0.5) is 17.1 Å². The fraction of sp³-hybridized carbons (Fsp3) is 0.208. The number of methoxy groups -OCH3 is 1. The van der Waals surface area contributed by atoms with Crippen LogP contribution in [0.3, 0.4) is 0 Å². The van der Waals surface area contributed by atoms with Crippen molar-refractivity contribution in [3.8, 4) is 5.75 Å². The van der Waals surface area contributed by atoms with Gasteiger partial charge in [0, 0.05) is 18.8 Å². The van der Waals surface area contributed by atoms with Crippen LogP contribution in [-0.2, 0) is 10.0 Å². The Labute approximate surface area is 198 Å². The number of ether oxygens (including phenoxy) is 1. The molecule has 1 aliphatic rings. The van der Waals surface area contributed by atoms with E-state index >= 15 is 0 Å². The van der Waals surface area contributed by atoms with Crippen LogP contribution >= 0.6 is 11.6 Å². The van der Waals surface area contributed by atoms with Crippen molar-refractivity contribution in [3.05, 3.63) is 77.3 Å². The predicted octanol–water partition coefficient (Wildman–Crippen LogP) is 5.00. The molecule has 1 heterocycles. The average Bonchev–Trinajstić information content (AvgIpc) is 3.34. The quantitative estimate of drug-likeness (QED) is 0.491. The SMILES string of the molecule is COc1ccccc1NS(=O)(=O)c1cc(NC(=O)c2ccccc2Cl)ccc1N1CCCC1. The van der Waals surface area contributed by atoms with Gasteiger partial charge < -0.3 is 15.0 Å². The fourth-order valence-electron chi connectivity index (χ4n) is 3.80. The van der Waals surface area contributed by atoms with E-state index in [0.29, 0.717) is 33.4 Å². The average molecular weight is 486 g/mol. The first kappa shape index (κ1) is 22.9. The molecular weight excluding hydrogens is 462 g/mol. The van der Waals surface area contributed by atoms with Gasteiger partial charge in [0.1, 0.15) is 10.6 Å². The van der Waals surface area contributed by atoms with E-state index in [9.17, 15) is 13.2 Å². The van der Waals surface area contributed by atoms with Crippen LogP contribution in [0.15, 0.2) is 71.6 Å². The van der Waals surface area contributed by atoms with Gasteiger partial charge in [-0.25, -0.2) is 8.42 Å². The second-order valence-electron chi connectivity index (χ2n) is 7.62. The maximum absolute atomic E-state index is 13.5. The van der Waals surface area contributed by atoms with E-state index in [4.69, 9.17) is 16.3 Å². The summed E-state index contributed by atoms with van der Waals surface area (Å²) in [5.41, 5.74) is 1.58. The lowest BCUT2D eigenvalue weighted by molar-refractivity contribution is 0.102. The molecule has 0 atom stereocenters. The van der Waals surface area contributed by atoms with Crippen molar-refractivity contribution >= 4 is 44.6 Å². The van der Waals surface area contributed by atoms with Gasteiger partial charge in [-0.05, 0) is 55.3 Å². The third kappa shape index (κ3) is 5.07. The zero-order chi connectivity index (χ0) is 23.4. The molecule has 33 heavy (non-hydrogen) atoms. The number of nitrogens with zero attached hydrogens (tertiary/aromatic N) is 1. The first-order valence-corrected chi connectivity index (χ1v) is 12.4. The number of sulfonamides is 1. The maximum atomic E-state index is 13.5. The highest BCUT2D eigenvalue weighted by Gasteiger charge is 2.26. The Morgan fingerprint density at radius 1 is 1.00 bits per heavy atom. The van der Waals surface area contributed by atoms with E-state index in [1.165, 1.54) is 13.2 Å². The second kappa shape index (κ2) is 9.72. The normalized spacial score (nSPS) is 13.6. The number of amides is 1. The summed E-state index contributed by atoms with van der Waals surface area (Å²) in [4.78, 5) is 14.8. The molecule has 7 nitrogen and oxygen atoms in total. The van der Waals surface area contributed by atoms with E-state index in [1.807, 2.05) is 4.90 Å². The molecule has 172 valence electrons. The molecule has 9 heteroatoms. The summed E-state index contributed by atoms with van der Waals surface area (Å²) in [6, 6.07) is 18.4. The Hall–Kier alpha value is -3.23. The highest BCUT2D eigenvalue weighted by molar-refractivity contribution is 7.93. The van der Waals surface area contributed by atoms with E-state index in [0.717, 1.165) is 25.9 Å². The van der Waals surface area contributed by atoms with Gasteiger partial charge in [0.2, 0.25) is 0 Å². The molecular formula is C24H24ClN3O4S. The minimum absolute atomic E-state index is 0.0762. The van der Waals surface area contributed by atoms with Crippen LogP contribution in [0.1, 0.15) is 23.2 Å². The summed E-state index contributed by atoms with van der Waals surface area (Å²) >= 11 is 6.13. The van der Waals surface area contributed by atoms with Crippen LogP contribution in [0, 0.1) is 0 Å². The number of hydrogen-bond acceptors (Lipinski definition) is 5. The number of carbonyl (C=O) groups excluding carboxylic acids is 1. The topological polar surface area (TPSA) is 87.7 Å². The van der Waals surface area contributed by atoms with Crippen LogP contribution < -0.4 is 19.7 Å². The zero-order valence-corrected chi connectivity index (χ0v) is 19.6. The number of carbonyl (C=O) groups is 1. The lowest BCUT2D eigenvalue weighted by Gasteiger charge is -2.23. The molecule has 1 fully saturated rings. The lowest BCUT2D eigenvalue weighted by atomic mass is 10.2. The van der Waals surface area contributed by atoms with Crippen LogP contribution in [0.5, 0.6) is 5.75 Å². The largest absolute Gasteiger partial charge is 0.495 e. The molecule has 1 aliphatic heterocycles. The van der Waals surface area contributed by atoms with E-state index in [2.05, 4.69) is 10.0 Å². The van der Waals surface area contributed by atoms with Crippen molar-refractivity contribution in [3.63, 3.8) is 0 Å². The minimum atomic E-state index is -3.99. The van der Waals surface area contributed by atoms with Gasteiger partial charge in [-0.2, -0.15) is 0 Å². The van der Waals surface area contributed by atoms with Crippen molar-refractivity contribution in [1.82, 2.24) is 0 Å². The molecule has 0 spiro atoms. The van der Waals surface area contributed by atoms with Crippen molar-refractivity contribution in [2.75, 3.05) is 35.1 Å². The number of nitrogens with one attached hydrogen (secondary N) is 2. The fourth-order valence-corrected chi connectivity index (χ4v) is 5.34. The molecule has 0 radical (unpaired) electrons. The van der Waals surface area contributed by atoms with Crippen molar-refractivity contribution in [2.24, 2.45) is 0 Å². The molecule has 0 bridgehead atoms. The van der Waals surface area contributed by atoms with Gasteiger partial charge in [-0.3, -0.25) is 9.52 Å². The lowest BCUT2D eigenvalue weighted by Crippen LogP contribution is -2.23. The highest BCUT2D eigenvalue weighted by Crippen LogP contribution is 2.34. The summed E-state index contributed by atoms with van der Waals surface area (Å²) in [6.07, 6.45) is 1.98. The van der Waals surface area contributed by atoms with E-state index in [1.54, 1.807) is 60.7 Å². The standard InChI is InChI=1S/C24H24ClN3O4S/c1-32-22-11-5-4-10-20(22)27-33(30,31)23-16-17(12-13-21(23)28-14-6-7-15-28)26-24(29)18-8-2-3-9-19(18)25/h2-5,8-13,16,27H,6-7,14-15H2,1H3,(H,26,29). The summed E-state index contributed by atoms with van der Waals surface area (Å²) < 4.78 is 34.9. The Balaban J connectivity index is 1.71. The molecule has 3 aromatic rings. The van der Waals surface area contributed by atoms with Gasteiger partial charge in [0.25, 0.3) is 15.9 Å². The Kier molecular flexibility index (Phi) is 6.76. The van der Waals surface area contributed by atoms with E-state index in [-0.39, 0.29) is 4.90 Å². The predicted molar refractivity (Wildman–Crippen MR) is 131 cm³/mol. The minimum Gasteiger partial charge on any atom is -0.495 e.